The minimum absolute atomic E-state index is 0.137. The van der Waals surface area contributed by atoms with Gasteiger partial charge in [0.05, 0.1) is 6.20 Å². The summed E-state index contributed by atoms with van der Waals surface area (Å²) >= 11 is 0. The van der Waals surface area contributed by atoms with Crippen LogP contribution in [0.3, 0.4) is 0 Å². The van der Waals surface area contributed by atoms with Gasteiger partial charge in [0.2, 0.25) is 0 Å². The van der Waals surface area contributed by atoms with Crippen molar-refractivity contribution in [3.63, 3.8) is 0 Å². The summed E-state index contributed by atoms with van der Waals surface area (Å²) in [5, 5.41) is 5.84. The summed E-state index contributed by atoms with van der Waals surface area (Å²) in [6.45, 7) is 0. The molecule has 1 aliphatic carbocycles. The van der Waals surface area contributed by atoms with E-state index >= 15 is 0 Å². The zero-order valence-corrected chi connectivity index (χ0v) is 9.23. The van der Waals surface area contributed by atoms with Crippen molar-refractivity contribution in [2.24, 2.45) is 0 Å². The first-order valence-electron chi connectivity index (χ1n) is 5.89. The van der Waals surface area contributed by atoms with Gasteiger partial charge >= 0.3 is 0 Å². The van der Waals surface area contributed by atoms with Crippen LogP contribution < -0.4 is 0 Å². The molecule has 0 unspecified atom stereocenters. The molecular weight excluding hydrogens is 215 g/mol. The number of fused-ring (bicyclic) bond motifs is 2. The molecule has 1 aliphatic rings. The molecule has 0 amide bonds. The normalized spacial score (nSPS) is 15.8. The van der Waals surface area contributed by atoms with Crippen molar-refractivity contribution in [3.8, 4) is 0 Å². The average molecular weight is 226 g/mol. The second-order valence-corrected chi connectivity index (χ2v) is 4.70. The Hall–Kier alpha value is -1.90. The molecule has 4 rings (SSSR count). The van der Waals surface area contributed by atoms with Gasteiger partial charge in [0.25, 0.3) is 0 Å². The number of hydrogen-bond donors (Lipinski definition) is 0. The SMILES string of the molecule is Fc1c2ccccc2cn2ncc(C3CC3)c12. The van der Waals surface area contributed by atoms with Crippen LogP contribution >= 0.6 is 0 Å². The summed E-state index contributed by atoms with van der Waals surface area (Å²) in [4.78, 5) is 0. The topological polar surface area (TPSA) is 17.3 Å². The van der Waals surface area contributed by atoms with Crippen LogP contribution in [-0.2, 0) is 0 Å². The summed E-state index contributed by atoms with van der Waals surface area (Å²) < 4.78 is 16.2. The molecule has 0 saturated heterocycles. The van der Waals surface area contributed by atoms with Gasteiger partial charge in [0.1, 0.15) is 5.52 Å². The van der Waals surface area contributed by atoms with E-state index in [0.29, 0.717) is 16.8 Å². The highest BCUT2D eigenvalue weighted by atomic mass is 19.1. The molecule has 1 aromatic carbocycles. The maximum Gasteiger partial charge on any atom is 0.157 e. The Morgan fingerprint density at radius 3 is 2.88 bits per heavy atom. The third-order valence-corrected chi connectivity index (χ3v) is 3.51. The van der Waals surface area contributed by atoms with Gasteiger partial charge in [-0.25, -0.2) is 8.91 Å². The molecule has 17 heavy (non-hydrogen) atoms. The van der Waals surface area contributed by atoms with Crippen molar-refractivity contribution in [1.82, 2.24) is 9.61 Å². The summed E-state index contributed by atoms with van der Waals surface area (Å²) in [5.41, 5.74) is 1.72. The fourth-order valence-electron chi connectivity index (χ4n) is 2.46. The van der Waals surface area contributed by atoms with Crippen LogP contribution in [-0.4, -0.2) is 9.61 Å². The number of benzene rings is 1. The molecule has 3 heteroatoms. The van der Waals surface area contributed by atoms with E-state index in [-0.39, 0.29) is 5.82 Å². The fourth-order valence-corrected chi connectivity index (χ4v) is 2.46. The van der Waals surface area contributed by atoms with E-state index in [1.165, 1.54) is 0 Å². The lowest BCUT2D eigenvalue weighted by atomic mass is 10.1. The van der Waals surface area contributed by atoms with E-state index in [4.69, 9.17) is 0 Å². The van der Waals surface area contributed by atoms with E-state index in [1.54, 1.807) is 4.52 Å². The van der Waals surface area contributed by atoms with Gasteiger partial charge in [-0.2, -0.15) is 5.10 Å². The molecule has 2 nitrogen and oxygen atoms in total. The summed E-state index contributed by atoms with van der Waals surface area (Å²) in [7, 11) is 0. The molecule has 1 saturated carbocycles. The highest BCUT2D eigenvalue weighted by Crippen LogP contribution is 2.42. The minimum atomic E-state index is -0.137. The van der Waals surface area contributed by atoms with Crippen molar-refractivity contribution in [1.29, 1.82) is 0 Å². The molecule has 0 radical (unpaired) electrons. The van der Waals surface area contributed by atoms with Crippen molar-refractivity contribution in [3.05, 3.63) is 48.0 Å². The van der Waals surface area contributed by atoms with Crippen LogP contribution in [0.2, 0.25) is 0 Å². The molecule has 0 aliphatic heterocycles. The smallest absolute Gasteiger partial charge is 0.157 e. The Morgan fingerprint density at radius 2 is 2.06 bits per heavy atom. The van der Waals surface area contributed by atoms with Crippen LogP contribution in [0.25, 0.3) is 16.3 Å². The zero-order chi connectivity index (χ0) is 11.4. The quantitative estimate of drug-likeness (QED) is 0.620. The third-order valence-electron chi connectivity index (χ3n) is 3.51. The standard InChI is InChI=1S/C14H11FN2/c15-13-11-4-2-1-3-10(11)8-17-14(13)12(7-16-17)9-5-6-9/h1-4,7-9H,5-6H2. The van der Waals surface area contributed by atoms with Crippen LogP contribution in [0.4, 0.5) is 4.39 Å². The molecule has 2 heterocycles. The fraction of sp³-hybridized carbons (Fsp3) is 0.214. The third kappa shape index (κ3) is 1.22. The van der Waals surface area contributed by atoms with Gasteiger partial charge in [-0.05, 0) is 18.8 Å². The Morgan fingerprint density at radius 1 is 1.24 bits per heavy atom. The first-order valence-corrected chi connectivity index (χ1v) is 5.89. The number of aromatic nitrogens is 2. The number of pyridine rings is 1. The van der Waals surface area contributed by atoms with Gasteiger partial charge in [-0.1, -0.05) is 24.3 Å². The Bertz CT molecular complexity index is 725. The lowest BCUT2D eigenvalue weighted by Crippen LogP contribution is -1.93. The maximum absolute atomic E-state index is 14.5. The number of rotatable bonds is 1. The van der Waals surface area contributed by atoms with Gasteiger partial charge in [-0.15, -0.1) is 0 Å². The molecule has 0 atom stereocenters. The van der Waals surface area contributed by atoms with Crippen molar-refractivity contribution >= 4 is 16.3 Å². The summed E-state index contributed by atoms with van der Waals surface area (Å²) in [6, 6.07) is 7.53. The van der Waals surface area contributed by atoms with E-state index in [0.717, 1.165) is 23.8 Å². The van der Waals surface area contributed by atoms with Crippen LogP contribution in [0.1, 0.15) is 24.3 Å². The molecule has 3 aromatic rings. The minimum Gasteiger partial charge on any atom is -0.237 e. The van der Waals surface area contributed by atoms with Gasteiger partial charge in [-0.3, -0.25) is 0 Å². The van der Waals surface area contributed by atoms with Crippen LogP contribution in [0, 0.1) is 5.82 Å². The van der Waals surface area contributed by atoms with E-state index < -0.39 is 0 Å². The molecule has 0 N–H and O–H groups in total. The van der Waals surface area contributed by atoms with Crippen LogP contribution in [0.15, 0.2) is 36.7 Å². The average Bonchev–Trinajstić information content (AvgIpc) is 3.11. The number of hydrogen-bond acceptors (Lipinski definition) is 1. The lowest BCUT2D eigenvalue weighted by molar-refractivity contribution is 0.642. The Labute approximate surface area is 97.7 Å². The molecule has 0 spiro atoms. The maximum atomic E-state index is 14.5. The molecule has 1 fully saturated rings. The van der Waals surface area contributed by atoms with Crippen molar-refractivity contribution < 1.29 is 4.39 Å². The highest BCUT2D eigenvalue weighted by molar-refractivity contribution is 5.87. The molecular formula is C14H11FN2. The second kappa shape index (κ2) is 3.06. The number of nitrogens with zero attached hydrogens (tertiary/aromatic N) is 2. The lowest BCUT2D eigenvalue weighted by Gasteiger charge is -2.03. The van der Waals surface area contributed by atoms with E-state index in [2.05, 4.69) is 5.10 Å². The predicted octanol–water partition coefficient (Wildman–Crippen LogP) is 3.50. The monoisotopic (exact) mass is 226 g/mol. The molecule has 84 valence electrons. The van der Waals surface area contributed by atoms with Gasteiger partial charge in [0.15, 0.2) is 5.82 Å². The predicted molar refractivity (Wildman–Crippen MR) is 64.6 cm³/mol. The number of halogens is 1. The molecule has 2 aromatic heterocycles. The Kier molecular flexibility index (Phi) is 1.65. The van der Waals surface area contributed by atoms with Crippen LogP contribution in [0.5, 0.6) is 0 Å². The summed E-state index contributed by atoms with van der Waals surface area (Å²) in [6.07, 6.45) is 6.04. The largest absolute Gasteiger partial charge is 0.237 e. The Balaban J connectivity index is 2.17. The second-order valence-electron chi connectivity index (χ2n) is 4.70. The zero-order valence-electron chi connectivity index (χ0n) is 9.23. The van der Waals surface area contributed by atoms with Gasteiger partial charge in [0, 0.05) is 22.5 Å². The molecule has 0 bridgehead atoms. The van der Waals surface area contributed by atoms with E-state index in [9.17, 15) is 4.39 Å². The summed E-state index contributed by atoms with van der Waals surface area (Å²) in [5.74, 6) is 0.380. The highest BCUT2D eigenvalue weighted by Gasteiger charge is 2.28. The van der Waals surface area contributed by atoms with Crippen molar-refractivity contribution in [2.45, 2.75) is 18.8 Å². The first-order chi connectivity index (χ1) is 8.34. The van der Waals surface area contributed by atoms with E-state index in [1.807, 2.05) is 36.7 Å². The van der Waals surface area contributed by atoms with Gasteiger partial charge < -0.3 is 0 Å². The van der Waals surface area contributed by atoms with Crippen molar-refractivity contribution in [2.75, 3.05) is 0 Å². The first kappa shape index (κ1) is 9.16.